The van der Waals surface area contributed by atoms with E-state index in [-0.39, 0.29) is 12.1 Å². The predicted molar refractivity (Wildman–Crippen MR) is 87.2 cm³/mol. The van der Waals surface area contributed by atoms with Crippen molar-refractivity contribution in [1.82, 2.24) is 14.7 Å². The third-order valence-electron chi connectivity index (χ3n) is 4.59. The third kappa shape index (κ3) is 2.52. The fourth-order valence-electron chi connectivity index (χ4n) is 3.48. The first kappa shape index (κ1) is 13.8. The minimum absolute atomic E-state index is 0.0239. The number of nitrogens with one attached hydrogen (secondary N) is 1. The molecule has 116 valence electrons. The number of anilines is 1. The van der Waals surface area contributed by atoms with Gasteiger partial charge in [0.25, 0.3) is 0 Å². The van der Waals surface area contributed by atoms with Crippen LogP contribution < -0.4 is 5.32 Å². The summed E-state index contributed by atoms with van der Waals surface area (Å²) in [5.74, 6) is 0.692. The molecule has 5 nitrogen and oxygen atoms in total. The average Bonchev–Trinajstić information content (AvgIpc) is 3.25. The van der Waals surface area contributed by atoms with Gasteiger partial charge in [-0.2, -0.15) is 16.4 Å². The highest BCUT2D eigenvalue weighted by Gasteiger charge is 2.30. The van der Waals surface area contributed by atoms with Crippen molar-refractivity contribution in [3.05, 3.63) is 34.2 Å². The van der Waals surface area contributed by atoms with E-state index >= 15 is 0 Å². The second-order valence-electron chi connectivity index (χ2n) is 6.04. The number of aryl methyl sites for hydroxylation is 2. The molecule has 1 saturated heterocycles. The Morgan fingerprint density at radius 1 is 1.32 bits per heavy atom. The van der Waals surface area contributed by atoms with E-state index in [0.29, 0.717) is 5.82 Å². The summed E-state index contributed by atoms with van der Waals surface area (Å²) < 4.78 is 2.03. The lowest BCUT2D eigenvalue weighted by atomic mass is 10.1. The lowest BCUT2D eigenvalue weighted by Gasteiger charge is -2.24. The predicted octanol–water partition coefficient (Wildman–Crippen LogP) is 3.65. The molecule has 0 aliphatic carbocycles. The van der Waals surface area contributed by atoms with Crippen LogP contribution in [0.3, 0.4) is 0 Å². The number of amides is 2. The van der Waals surface area contributed by atoms with Gasteiger partial charge in [-0.05, 0) is 54.5 Å². The second kappa shape index (κ2) is 5.76. The minimum atomic E-state index is -0.0239. The summed E-state index contributed by atoms with van der Waals surface area (Å²) in [4.78, 5) is 14.5. The van der Waals surface area contributed by atoms with Crippen LogP contribution in [-0.4, -0.2) is 27.3 Å². The number of carbonyl (C=O) groups excluding carboxylic acids is 1. The molecule has 1 fully saturated rings. The van der Waals surface area contributed by atoms with Crippen LogP contribution in [-0.2, 0) is 13.0 Å². The fourth-order valence-corrected chi connectivity index (χ4v) is 4.19. The Kier molecular flexibility index (Phi) is 3.62. The Labute approximate surface area is 133 Å². The third-order valence-corrected chi connectivity index (χ3v) is 5.29. The van der Waals surface area contributed by atoms with Crippen molar-refractivity contribution < 1.29 is 4.79 Å². The van der Waals surface area contributed by atoms with E-state index in [4.69, 9.17) is 0 Å². The van der Waals surface area contributed by atoms with Gasteiger partial charge in [-0.3, -0.25) is 10.00 Å². The van der Waals surface area contributed by atoms with Crippen molar-refractivity contribution in [3.8, 4) is 0 Å². The zero-order valence-electron chi connectivity index (χ0n) is 12.5. The Morgan fingerprint density at radius 2 is 2.27 bits per heavy atom. The van der Waals surface area contributed by atoms with Crippen LogP contribution in [0.2, 0.25) is 0 Å². The smallest absolute Gasteiger partial charge is 0.317 e. The molecule has 1 N–H and O–H groups in total. The number of hydrogen-bond acceptors (Lipinski definition) is 3. The zero-order chi connectivity index (χ0) is 14.9. The zero-order valence-corrected chi connectivity index (χ0v) is 13.3. The maximum atomic E-state index is 12.6. The van der Waals surface area contributed by atoms with Crippen LogP contribution >= 0.6 is 11.3 Å². The molecule has 4 rings (SSSR count). The van der Waals surface area contributed by atoms with Gasteiger partial charge in [0, 0.05) is 24.8 Å². The van der Waals surface area contributed by atoms with Crippen molar-refractivity contribution in [2.45, 2.75) is 44.7 Å². The number of carbonyl (C=O) groups is 1. The van der Waals surface area contributed by atoms with Crippen LogP contribution in [0.5, 0.6) is 0 Å². The Hall–Kier alpha value is -1.82. The van der Waals surface area contributed by atoms with Gasteiger partial charge in [0.15, 0.2) is 5.82 Å². The van der Waals surface area contributed by atoms with Crippen molar-refractivity contribution in [2.75, 3.05) is 11.9 Å². The first-order valence-corrected chi connectivity index (χ1v) is 8.92. The number of fused-ring (bicyclic) bond motifs is 1. The van der Waals surface area contributed by atoms with Gasteiger partial charge in [-0.1, -0.05) is 0 Å². The topological polar surface area (TPSA) is 50.2 Å². The molecule has 2 amide bonds. The molecule has 2 aliphatic rings. The lowest BCUT2D eigenvalue weighted by molar-refractivity contribution is 0.207. The quantitative estimate of drug-likeness (QED) is 0.919. The highest BCUT2D eigenvalue weighted by molar-refractivity contribution is 7.07. The Balaban J connectivity index is 1.48. The van der Waals surface area contributed by atoms with Crippen LogP contribution in [0, 0.1) is 0 Å². The summed E-state index contributed by atoms with van der Waals surface area (Å²) in [6.07, 6.45) is 5.56. The summed E-state index contributed by atoms with van der Waals surface area (Å²) in [6.45, 7) is 1.78. The summed E-state index contributed by atoms with van der Waals surface area (Å²) >= 11 is 1.69. The number of urea groups is 1. The molecule has 1 unspecified atom stereocenters. The van der Waals surface area contributed by atoms with E-state index in [0.717, 1.165) is 32.4 Å². The van der Waals surface area contributed by atoms with E-state index in [1.807, 2.05) is 15.6 Å². The number of aromatic nitrogens is 2. The highest BCUT2D eigenvalue weighted by atomic mass is 32.1. The van der Waals surface area contributed by atoms with Crippen molar-refractivity contribution >= 4 is 23.2 Å². The maximum absolute atomic E-state index is 12.6. The molecule has 0 saturated carbocycles. The summed E-state index contributed by atoms with van der Waals surface area (Å²) in [5.41, 5.74) is 2.49. The number of nitrogens with zero attached hydrogens (tertiary/aromatic N) is 3. The minimum Gasteiger partial charge on any atom is -0.317 e. The molecule has 1 atom stereocenters. The molecular formula is C16H20N4OS. The van der Waals surface area contributed by atoms with Crippen LogP contribution in [0.25, 0.3) is 0 Å². The second-order valence-corrected chi connectivity index (χ2v) is 6.82. The lowest BCUT2D eigenvalue weighted by Crippen LogP contribution is -2.34. The molecule has 0 aromatic carbocycles. The first-order valence-electron chi connectivity index (χ1n) is 7.98. The van der Waals surface area contributed by atoms with Gasteiger partial charge >= 0.3 is 6.03 Å². The van der Waals surface area contributed by atoms with Gasteiger partial charge < -0.3 is 4.90 Å². The normalized spacial score (nSPS) is 20.9. The standard InChI is InChI=1S/C16H20N4OS/c21-16(17-15-10-13-4-1-2-8-20(13)18-15)19-7-3-5-14(19)12-6-9-22-11-12/h6,9-11,14H,1-5,7-8H2,(H,17,18,21). The fraction of sp³-hybridized carbons (Fsp3) is 0.500. The van der Waals surface area contributed by atoms with E-state index in [1.165, 1.54) is 24.1 Å². The van der Waals surface area contributed by atoms with Crippen molar-refractivity contribution in [2.24, 2.45) is 0 Å². The van der Waals surface area contributed by atoms with Crippen LogP contribution in [0.4, 0.5) is 10.6 Å². The van der Waals surface area contributed by atoms with E-state index in [2.05, 4.69) is 27.2 Å². The van der Waals surface area contributed by atoms with Crippen molar-refractivity contribution in [1.29, 1.82) is 0 Å². The van der Waals surface area contributed by atoms with E-state index in [9.17, 15) is 4.79 Å². The molecule has 0 radical (unpaired) electrons. The molecule has 4 heterocycles. The molecular weight excluding hydrogens is 296 g/mol. The molecule has 0 spiro atoms. The monoisotopic (exact) mass is 316 g/mol. The first-order chi connectivity index (χ1) is 10.8. The largest absolute Gasteiger partial charge is 0.323 e. The van der Waals surface area contributed by atoms with Crippen LogP contribution in [0.1, 0.15) is 43.0 Å². The maximum Gasteiger partial charge on any atom is 0.323 e. The highest BCUT2D eigenvalue weighted by Crippen LogP contribution is 2.33. The summed E-state index contributed by atoms with van der Waals surface area (Å²) in [7, 11) is 0. The SMILES string of the molecule is O=C(Nc1cc2n(n1)CCCC2)N1CCCC1c1ccsc1. The Bertz CT molecular complexity index is 640. The van der Waals surface area contributed by atoms with Gasteiger partial charge in [-0.25, -0.2) is 4.79 Å². The molecule has 2 aromatic heterocycles. The van der Waals surface area contributed by atoms with Gasteiger partial charge in [-0.15, -0.1) is 0 Å². The van der Waals surface area contributed by atoms with E-state index in [1.54, 1.807) is 11.3 Å². The number of hydrogen-bond donors (Lipinski definition) is 1. The van der Waals surface area contributed by atoms with Crippen LogP contribution in [0.15, 0.2) is 22.9 Å². The summed E-state index contributed by atoms with van der Waals surface area (Å²) in [5, 5.41) is 11.7. The Morgan fingerprint density at radius 3 is 3.09 bits per heavy atom. The average molecular weight is 316 g/mol. The summed E-state index contributed by atoms with van der Waals surface area (Å²) in [6, 6.07) is 4.33. The van der Waals surface area contributed by atoms with E-state index < -0.39 is 0 Å². The number of thiophene rings is 1. The van der Waals surface area contributed by atoms with Gasteiger partial charge in [0.1, 0.15) is 0 Å². The molecule has 22 heavy (non-hydrogen) atoms. The molecule has 2 aromatic rings. The van der Waals surface area contributed by atoms with Gasteiger partial charge in [0.05, 0.1) is 6.04 Å². The molecule has 2 aliphatic heterocycles. The molecule has 0 bridgehead atoms. The molecule has 6 heteroatoms. The number of likely N-dealkylation sites (tertiary alicyclic amines) is 1. The van der Waals surface area contributed by atoms with Gasteiger partial charge in [0.2, 0.25) is 0 Å². The number of rotatable bonds is 2. The van der Waals surface area contributed by atoms with Crippen molar-refractivity contribution in [3.63, 3.8) is 0 Å².